The molecule has 1 N–H and O–H groups in total. The van der Waals surface area contributed by atoms with Crippen LogP contribution >= 0.6 is 27.5 Å². The van der Waals surface area contributed by atoms with E-state index in [1.165, 1.54) is 12.0 Å². The van der Waals surface area contributed by atoms with Crippen LogP contribution in [0.4, 0.5) is 4.79 Å². The predicted molar refractivity (Wildman–Crippen MR) is 98.7 cm³/mol. The molecule has 2 rings (SSSR count). The average Bonchev–Trinajstić information content (AvgIpc) is 2.55. The molecule has 138 valence electrons. The Labute approximate surface area is 160 Å². The second-order valence-corrected chi connectivity index (χ2v) is 7.21. The number of piperazine rings is 1. The Balaban J connectivity index is 2.20. The summed E-state index contributed by atoms with van der Waals surface area (Å²) < 4.78 is 11.2. The fraction of sp³-hybridized carbons (Fsp3) is 0.529. The van der Waals surface area contributed by atoms with E-state index >= 15 is 0 Å². The number of unbranched alkanes of at least 4 members (excludes halogenated alkanes) is 1. The highest BCUT2D eigenvalue weighted by Crippen LogP contribution is 2.27. The van der Waals surface area contributed by atoms with Gasteiger partial charge in [-0.3, -0.25) is 9.69 Å². The van der Waals surface area contributed by atoms with E-state index in [2.05, 4.69) is 21.2 Å². The van der Waals surface area contributed by atoms with Gasteiger partial charge in [-0.2, -0.15) is 0 Å². The SMILES string of the molecule is CCCCOC(=O)N1CC(c2cc(Cl)cc(Br)c2)NC(=O)[C@H]1COC. The van der Waals surface area contributed by atoms with E-state index in [0.717, 1.165) is 22.9 Å². The van der Waals surface area contributed by atoms with Crippen molar-refractivity contribution in [2.75, 3.05) is 26.9 Å². The molecule has 2 amide bonds. The van der Waals surface area contributed by atoms with Crippen molar-refractivity contribution < 1.29 is 19.1 Å². The number of amides is 2. The van der Waals surface area contributed by atoms with Crippen LogP contribution in [0.2, 0.25) is 5.02 Å². The van der Waals surface area contributed by atoms with Crippen molar-refractivity contribution in [2.24, 2.45) is 0 Å². The lowest BCUT2D eigenvalue weighted by Crippen LogP contribution is -2.60. The zero-order valence-corrected chi connectivity index (χ0v) is 16.6. The van der Waals surface area contributed by atoms with Gasteiger partial charge in [0.1, 0.15) is 6.04 Å². The molecule has 1 saturated heterocycles. The number of nitrogens with zero attached hydrogens (tertiary/aromatic N) is 1. The maximum atomic E-state index is 12.5. The Hall–Kier alpha value is -1.31. The van der Waals surface area contributed by atoms with Gasteiger partial charge in [0.25, 0.3) is 0 Å². The van der Waals surface area contributed by atoms with Gasteiger partial charge in [0, 0.05) is 23.1 Å². The van der Waals surface area contributed by atoms with E-state index in [4.69, 9.17) is 21.1 Å². The molecule has 1 aliphatic heterocycles. The van der Waals surface area contributed by atoms with Gasteiger partial charge < -0.3 is 14.8 Å². The number of hydrogen-bond acceptors (Lipinski definition) is 4. The zero-order chi connectivity index (χ0) is 18.4. The lowest BCUT2D eigenvalue weighted by atomic mass is 10.0. The first-order chi connectivity index (χ1) is 12.0. The number of halogens is 2. The van der Waals surface area contributed by atoms with E-state index in [-0.39, 0.29) is 25.1 Å². The summed E-state index contributed by atoms with van der Waals surface area (Å²) in [6.45, 7) is 2.75. The highest BCUT2D eigenvalue weighted by molar-refractivity contribution is 9.10. The zero-order valence-electron chi connectivity index (χ0n) is 14.3. The van der Waals surface area contributed by atoms with Crippen LogP contribution in [0, 0.1) is 0 Å². The maximum absolute atomic E-state index is 12.5. The van der Waals surface area contributed by atoms with Crippen molar-refractivity contribution in [3.63, 3.8) is 0 Å². The number of nitrogens with one attached hydrogen (secondary N) is 1. The Morgan fingerprint density at radius 3 is 2.84 bits per heavy atom. The highest BCUT2D eigenvalue weighted by Gasteiger charge is 2.38. The van der Waals surface area contributed by atoms with Gasteiger partial charge >= 0.3 is 6.09 Å². The number of hydrogen-bond donors (Lipinski definition) is 1. The summed E-state index contributed by atoms with van der Waals surface area (Å²) in [6, 6.07) is 4.33. The molecular formula is C17H22BrClN2O4. The van der Waals surface area contributed by atoms with Gasteiger partial charge in [-0.05, 0) is 30.2 Å². The minimum atomic E-state index is -0.710. The summed E-state index contributed by atoms with van der Waals surface area (Å²) in [6.07, 6.45) is 1.20. The summed E-state index contributed by atoms with van der Waals surface area (Å²) in [4.78, 5) is 26.4. The third-order valence-corrected chi connectivity index (χ3v) is 4.62. The molecule has 6 nitrogen and oxygen atoms in total. The van der Waals surface area contributed by atoms with Crippen molar-refractivity contribution in [3.8, 4) is 0 Å². The van der Waals surface area contributed by atoms with Crippen LogP contribution in [0.1, 0.15) is 31.4 Å². The smallest absolute Gasteiger partial charge is 0.410 e. The predicted octanol–water partition coefficient (Wildman–Crippen LogP) is 3.53. The molecule has 0 saturated carbocycles. The third-order valence-electron chi connectivity index (χ3n) is 3.94. The molecule has 0 aliphatic carbocycles. The molecule has 8 heteroatoms. The third kappa shape index (κ3) is 5.33. The van der Waals surface area contributed by atoms with Crippen molar-refractivity contribution in [2.45, 2.75) is 31.8 Å². The molecule has 1 unspecified atom stereocenters. The molecule has 2 atom stereocenters. The minimum absolute atomic E-state index is 0.112. The summed E-state index contributed by atoms with van der Waals surface area (Å²) in [7, 11) is 1.49. The van der Waals surface area contributed by atoms with Crippen LogP contribution in [-0.4, -0.2) is 49.8 Å². The minimum Gasteiger partial charge on any atom is -0.449 e. The summed E-state index contributed by atoms with van der Waals surface area (Å²) in [5.74, 6) is -0.276. The lowest BCUT2D eigenvalue weighted by Gasteiger charge is -2.38. The molecule has 0 radical (unpaired) electrons. The van der Waals surface area contributed by atoms with Crippen molar-refractivity contribution >= 4 is 39.5 Å². The standard InChI is InChI=1S/C17H22BrClN2O4/c1-3-4-5-25-17(23)21-9-14(20-16(22)15(21)10-24-2)11-6-12(18)8-13(19)7-11/h6-8,14-15H,3-5,9-10H2,1-2H3,(H,20,22)/t14?,15-/m1/s1. The summed E-state index contributed by atoms with van der Waals surface area (Å²) in [5.41, 5.74) is 0.815. The molecule has 0 bridgehead atoms. The second kappa shape index (κ2) is 9.40. The number of carbonyl (C=O) groups excluding carboxylic acids is 2. The largest absolute Gasteiger partial charge is 0.449 e. The molecule has 1 fully saturated rings. The van der Waals surface area contributed by atoms with Crippen LogP contribution in [0.3, 0.4) is 0 Å². The maximum Gasteiger partial charge on any atom is 0.410 e. The van der Waals surface area contributed by atoms with Crippen LogP contribution in [0.15, 0.2) is 22.7 Å². The monoisotopic (exact) mass is 432 g/mol. The number of methoxy groups -OCH3 is 1. The van der Waals surface area contributed by atoms with E-state index in [9.17, 15) is 9.59 Å². The van der Waals surface area contributed by atoms with Crippen LogP contribution in [0.5, 0.6) is 0 Å². The second-order valence-electron chi connectivity index (χ2n) is 5.86. The van der Waals surface area contributed by atoms with Gasteiger partial charge in [0.05, 0.1) is 19.3 Å². The number of benzene rings is 1. The quantitative estimate of drug-likeness (QED) is 0.697. The van der Waals surface area contributed by atoms with Crippen molar-refractivity contribution in [3.05, 3.63) is 33.3 Å². The topological polar surface area (TPSA) is 67.9 Å². The Morgan fingerprint density at radius 2 is 2.20 bits per heavy atom. The normalized spacial score (nSPS) is 20.3. The molecular weight excluding hydrogens is 412 g/mol. The molecule has 0 spiro atoms. The molecule has 1 heterocycles. The molecule has 0 aromatic heterocycles. The van der Waals surface area contributed by atoms with E-state index in [0.29, 0.717) is 11.6 Å². The fourth-order valence-corrected chi connectivity index (χ4v) is 3.54. The highest BCUT2D eigenvalue weighted by atomic mass is 79.9. The van der Waals surface area contributed by atoms with Crippen LogP contribution in [0.25, 0.3) is 0 Å². The Kier molecular flexibility index (Phi) is 7.53. The van der Waals surface area contributed by atoms with Crippen LogP contribution < -0.4 is 5.32 Å². The number of rotatable bonds is 6. The van der Waals surface area contributed by atoms with Crippen molar-refractivity contribution in [1.82, 2.24) is 10.2 Å². The summed E-state index contributed by atoms with van der Waals surface area (Å²) in [5, 5.41) is 3.48. The fourth-order valence-electron chi connectivity index (χ4n) is 2.66. The number of carbonyl (C=O) groups is 2. The van der Waals surface area contributed by atoms with Gasteiger partial charge in [0.2, 0.25) is 5.91 Å². The first-order valence-electron chi connectivity index (χ1n) is 8.15. The van der Waals surface area contributed by atoms with E-state index < -0.39 is 12.1 Å². The van der Waals surface area contributed by atoms with Gasteiger partial charge in [-0.15, -0.1) is 0 Å². The number of ether oxygens (including phenoxy) is 2. The van der Waals surface area contributed by atoms with Crippen molar-refractivity contribution in [1.29, 1.82) is 0 Å². The molecule has 25 heavy (non-hydrogen) atoms. The van der Waals surface area contributed by atoms with E-state index in [1.54, 1.807) is 12.1 Å². The molecule has 1 aliphatic rings. The Bertz CT molecular complexity index is 608. The van der Waals surface area contributed by atoms with Crippen LogP contribution in [-0.2, 0) is 14.3 Å². The summed E-state index contributed by atoms with van der Waals surface area (Å²) >= 11 is 9.49. The average molecular weight is 434 g/mol. The first kappa shape index (κ1) is 20.0. The lowest BCUT2D eigenvalue weighted by molar-refractivity contribution is -0.132. The van der Waals surface area contributed by atoms with Gasteiger partial charge in [-0.1, -0.05) is 40.9 Å². The van der Waals surface area contributed by atoms with E-state index in [1.807, 2.05) is 13.0 Å². The Morgan fingerprint density at radius 1 is 1.44 bits per heavy atom. The van der Waals surface area contributed by atoms with Gasteiger partial charge in [-0.25, -0.2) is 4.79 Å². The molecule has 1 aromatic carbocycles. The molecule has 1 aromatic rings. The van der Waals surface area contributed by atoms with Gasteiger partial charge in [0.15, 0.2) is 0 Å². The first-order valence-corrected chi connectivity index (χ1v) is 9.32.